The number of rotatable bonds is 1. The second kappa shape index (κ2) is 2.79. The highest BCUT2D eigenvalue weighted by Crippen LogP contribution is 2.53. The van der Waals surface area contributed by atoms with Gasteiger partial charge in [-0.2, -0.15) is 0 Å². The lowest BCUT2D eigenvalue weighted by Crippen LogP contribution is -2.08. The van der Waals surface area contributed by atoms with Crippen LogP contribution in [0.15, 0.2) is 22.7 Å². The molecule has 1 aliphatic carbocycles. The van der Waals surface area contributed by atoms with Gasteiger partial charge in [-0.25, -0.2) is 4.39 Å². The fourth-order valence-corrected chi connectivity index (χ4v) is 2.32. The summed E-state index contributed by atoms with van der Waals surface area (Å²) < 4.78 is 13.4. The first kappa shape index (κ1) is 9.16. The highest BCUT2D eigenvalue weighted by atomic mass is 79.9. The molecule has 1 aromatic rings. The largest absolute Gasteiger partial charge is 0.385 e. The van der Waals surface area contributed by atoms with Gasteiger partial charge in [-0.1, -0.05) is 28.9 Å². The molecule has 0 saturated heterocycles. The van der Waals surface area contributed by atoms with Gasteiger partial charge in [-0.05, 0) is 30.0 Å². The summed E-state index contributed by atoms with van der Waals surface area (Å²) in [5.74, 6) is -0.0122. The van der Waals surface area contributed by atoms with E-state index in [1.807, 2.05) is 6.92 Å². The van der Waals surface area contributed by atoms with Crippen LogP contribution in [0.4, 0.5) is 4.39 Å². The molecule has 0 aromatic heterocycles. The topological polar surface area (TPSA) is 20.2 Å². The van der Waals surface area contributed by atoms with Crippen molar-refractivity contribution in [2.45, 2.75) is 18.9 Å². The van der Waals surface area contributed by atoms with Crippen molar-refractivity contribution in [2.24, 2.45) is 5.92 Å². The SMILES string of the molecule is CC1CC1(O)c1ccc(F)cc1Br. The molecule has 0 heterocycles. The first-order valence-electron chi connectivity index (χ1n) is 4.22. The molecule has 13 heavy (non-hydrogen) atoms. The molecule has 2 rings (SSSR count). The summed E-state index contributed by atoms with van der Waals surface area (Å²) in [5.41, 5.74) is 0.0633. The highest BCUT2D eigenvalue weighted by molar-refractivity contribution is 9.10. The second-order valence-corrected chi connectivity index (χ2v) is 4.51. The van der Waals surface area contributed by atoms with E-state index in [2.05, 4.69) is 15.9 Å². The van der Waals surface area contributed by atoms with Crippen LogP contribution >= 0.6 is 15.9 Å². The van der Waals surface area contributed by atoms with Crippen LogP contribution in [0.3, 0.4) is 0 Å². The zero-order valence-electron chi connectivity index (χ0n) is 7.22. The van der Waals surface area contributed by atoms with Crippen molar-refractivity contribution in [3.63, 3.8) is 0 Å². The molecule has 1 saturated carbocycles. The lowest BCUT2D eigenvalue weighted by Gasteiger charge is -2.11. The average Bonchev–Trinajstić information content (AvgIpc) is 2.59. The van der Waals surface area contributed by atoms with E-state index in [0.717, 1.165) is 12.0 Å². The molecule has 0 amide bonds. The molecule has 0 spiro atoms. The van der Waals surface area contributed by atoms with Gasteiger partial charge in [0.15, 0.2) is 0 Å². The van der Waals surface area contributed by atoms with E-state index in [9.17, 15) is 9.50 Å². The van der Waals surface area contributed by atoms with Crippen LogP contribution in [0.2, 0.25) is 0 Å². The fourth-order valence-electron chi connectivity index (χ4n) is 1.62. The maximum Gasteiger partial charge on any atom is 0.124 e. The number of hydrogen-bond acceptors (Lipinski definition) is 1. The number of halogens is 2. The van der Waals surface area contributed by atoms with E-state index in [-0.39, 0.29) is 11.7 Å². The summed E-state index contributed by atoms with van der Waals surface area (Å²) in [6.45, 7) is 1.98. The van der Waals surface area contributed by atoms with Gasteiger partial charge in [0, 0.05) is 4.47 Å². The van der Waals surface area contributed by atoms with Gasteiger partial charge in [-0.3, -0.25) is 0 Å². The first-order chi connectivity index (χ1) is 6.04. The van der Waals surface area contributed by atoms with Crippen LogP contribution in [0.5, 0.6) is 0 Å². The molecular weight excluding hydrogens is 235 g/mol. The van der Waals surface area contributed by atoms with E-state index in [1.165, 1.54) is 12.1 Å². The van der Waals surface area contributed by atoms with Gasteiger partial charge in [0.1, 0.15) is 5.82 Å². The predicted molar refractivity (Wildman–Crippen MR) is 51.8 cm³/mol. The van der Waals surface area contributed by atoms with Gasteiger partial charge < -0.3 is 5.11 Å². The molecular formula is C10H10BrFO. The molecule has 1 nitrogen and oxygen atoms in total. The van der Waals surface area contributed by atoms with Gasteiger partial charge in [0.25, 0.3) is 0 Å². The van der Waals surface area contributed by atoms with Crippen molar-refractivity contribution < 1.29 is 9.50 Å². The average molecular weight is 245 g/mol. The van der Waals surface area contributed by atoms with E-state index in [0.29, 0.717) is 4.47 Å². The zero-order chi connectivity index (χ0) is 9.64. The minimum Gasteiger partial charge on any atom is -0.385 e. The van der Waals surface area contributed by atoms with Crippen molar-refractivity contribution in [3.05, 3.63) is 34.1 Å². The van der Waals surface area contributed by atoms with E-state index in [1.54, 1.807) is 6.07 Å². The Morgan fingerprint density at radius 1 is 1.62 bits per heavy atom. The molecule has 0 bridgehead atoms. The minimum atomic E-state index is -0.730. The maximum absolute atomic E-state index is 12.7. The molecule has 2 unspecified atom stereocenters. The monoisotopic (exact) mass is 244 g/mol. The number of hydrogen-bond donors (Lipinski definition) is 1. The smallest absolute Gasteiger partial charge is 0.124 e. The van der Waals surface area contributed by atoms with Crippen molar-refractivity contribution >= 4 is 15.9 Å². The Morgan fingerprint density at radius 3 is 2.69 bits per heavy atom. The van der Waals surface area contributed by atoms with E-state index in [4.69, 9.17) is 0 Å². The Kier molecular flexibility index (Phi) is 1.96. The molecule has 1 aromatic carbocycles. The van der Waals surface area contributed by atoms with Crippen LogP contribution in [0.25, 0.3) is 0 Å². The quantitative estimate of drug-likeness (QED) is 0.806. The van der Waals surface area contributed by atoms with E-state index >= 15 is 0 Å². The zero-order valence-corrected chi connectivity index (χ0v) is 8.81. The molecule has 1 N–H and O–H groups in total. The summed E-state index contributed by atoms with van der Waals surface area (Å²) in [6.07, 6.45) is 0.761. The fraction of sp³-hybridized carbons (Fsp3) is 0.400. The first-order valence-corrected chi connectivity index (χ1v) is 5.01. The Labute approximate surface area is 84.7 Å². The van der Waals surface area contributed by atoms with Gasteiger partial charge >= 0.3 is 0 Å². The molecule has 1 aliphatic rings. The second-order valence-electron chi connectivity index (χ2n) is 3.65. The molecule has 0 radical (unpaired) electrons. The van der Waals surface area contributed by atoms with Crippen LogP contribution < -0.4 is 0 Å². The number of aliphatic hydroxyl groups is 1. The Hall–Kier alpha value is -0.410. The molecule has 2 atom stereocenters. The van der Waals surface area contributed by atoms with Crippen molar-refractivity contribution in [1.29, 1.82) is 0 Å². The third kappa shape index (κ3) is 1.40. The molecule has 1 fully saturated rings. The van der Waals surface area contributed by atoms with E-state index < -0.39 is 5.60 Å². The summed E-state index contributed by atoms with van der Waals surface area (Å²) >= 11 is 3.25. The summed E-state index contributed by atoms with van der Waals surface area (Å²) in [4.78, 5) is 0. The maximum atomic E-state index is 12.7. The molecule has 0 aliphatic heterocycles. The lowest BCUT2D eigenvalue weighted by atomic mass is 10.1. The third-order valence-corrected chi connectivity index (χ3v) is 3.33. The standard InChI is InChI=1S/C10H10BrFO/c1-6-5-10(6,13)8-3-2-7(12)4-9(8)11/h2-4,6,13H,5H2,1H3. The van der Waals surface area contributed by atoms with Crippen LogP contribution in [0.1, 0.15) is 18.9 Å². The molecule has 70 valence electrons. The minimum absolute atomic E-state index is 0.272. The van der Waals surface area contributed by atoms with Gasteiger partial charge in [0.05, 0.1) is 5.60 Å². The van der Waals surface area contributed by atoms with Crippen LogP contribution in [0, 0.1) is 11.7 Å². The van der Waals surface area contributed by atoms with Crippen LogP contribution in [-0.2, 0) is 5.60 Å². The normalized spacial score (nSPS) is 31.8. The summed E-state index contributed by atoms with van der Waals surface area (Å²) in [5, 5.41) is 9.99. The van der Waals surface area contributed by atoms with Gasteiger partial charge in [0.2, 0.25) is 0 Å². The van der Waals surface area contributed by atoms with Crippen LogP contribution in [-0.4, -0.2) is 5.11 Å². The highest BCUT2D eigenvalue weighted by Gasteiger charge is 2.51. The lowest BCUT2D eigenvalue weighted by molar-refractivity contribution is 0.134. The Balaban J connectivity index is 2.42. The van der Waals surface area contributed by atoms with Crippen molar-refractivity contribution in [3.8, 4) is 0 Å². The summed E-state index contributed by atoms with van der Waals surface area (Å²) in [7, 11) is 0. The van der Waals surface area contributed by atoms with Crippen molar-refractivity contribution in [2.75, 3.05) is 0 Å². The van der Waals surface area contributed by atoms with Crippen molar-refractivity contribution in [1.82, 2.24) is 0 Å². The number of benzene rings is 1. The predicted octanol–water partition coefficient (Wildman–Crippen LogP) is 2.82. The molecule has 3 heteroatoms. The Morgan fingerprint density at radius 2 is 2.23 bits per heavy atom. The third-order valence-electron chi connectivity index (χ3n) is 2.67. The Bertz CT molecular complexity index is 353. The summed E-state index contributed by atoms with van der Waals surface area (Å²) in [6, 6.07) is 4.41. The van der Waals surface area contributed by atoms with Gasteiger partial charge in [-0.15, -0.1) is 0 Å².